The van der Waals surface area contributed by atoms with Crippen molar-refractivity contribution in [1.29, 1.82) is 0 Å². The molecule has 28 heavy (non-hydrogen) atoms. The summed E-state index contributed by atoms with van der Waals surface area (Å²) in [6.07, 6.45) is 3.04. The zero-order chi connectivity index (χ0) is 19.4. The second-order valence-corrected chi connectivity index (χ2v) is 9.26. The summed E-state index contributed by atoms with van der Waals surface area (Å²) >= 11 is 0. The van der Waals surface area contributed by atoms with E-state index in [0.717, 1.165) is 36.1 Å². The SMILES string of the molecule is Cc1ccc(C(NC(=O)C2CCCNC2)c2cccc(S(C)(=O)=O)c2)cc1.Cl. The smallest absolute Gasteiger partial charge is 0.225 e. The lowest BCUT2D eigenvalue weighted by Gasteiger charge is -2.26. The summed E-state index contributed by atoms with van der Waals surface area (Å²) in [5, 5.41) is 6.41. The fourth-order valence-corrected chi connectivity index (χ4v) is 4.05. The Labute approximate surface area is 173 Å². The van der Waals surface area contributed by atoms with E-state index in [9.17, 15) is 13.2 Å². The summed E-state index contributed by atoms with van der Waals surface area (Å²) in [4.78, 5) is 13.1. The van der Waals surface area contributed by atoms with Crippen molar-refractivity contribution in [2.45, 2.75) is 30.7 Å². The van der Waals surface area contributed by atoms with Crippen LogP contribution in [0.1, 0.15) is 35.6 Å². The molecule has 0 bridgehead atoms. The molecule has 2 atom stereocenters. The highest BCUT2D eigenvalue weighted by atomic mass is 35.5. The normalized spacial score (nSPS) is 18.0. The Hall–Kier alpha value is -1.89. The van der Waals surface area contributed by atoms with E-state index < -0.39 is 9.84 Å². The second-order valence-electron chi connectivity index (χ2n) is 7.24. The average molecular weight is 423 g/mol. The van der Waals surface area contributed by atoms with Gasteiger partial charge in [-0.15, -0.1) is 12.4 Å². The number of carbonyl (C=O) groups excluding carboxylic acids is 1. The molecule has 1 aliphatic rings. The molecule has 1 amide bonds. The molecule has 2 N–H and O–H groups in total. The van der Waals surface area contributed by atoms with Gasteiger partial charge in [-0.25, -0.2) is 8.42 Å². The molecule has 5 nitrogen and oxygen atoms in total. The van der Waals surface area contributed by atoms with Gasteiger partial charge in [-0.2, -0.15) is 0 Å². The Bertz CT molecular complexity index is 908. The monoisotopic (exact) mass is 422 g/mol. The standard InChI is InChI=1S/C21H26N2O3S.ClH/c1-15-8-10-16(11-9-15)20(23-21(24)18-6-4-12-22-14-18)17-5-3-7-19(13-17)27(2,25)26;/h3,5,7-11,13,18,20,22H,4,6,12,14H2,1-2H3,(H,23,24);1H. The molecule has 2 aromatic carbocycles. The lowest BCUT2D eigenvalue weighted by Crippen LogP contribution is -2.42. The minimum absolute atomic E-state index is 0. The molecule has 0 saturated carbocycles. The first-order valence-corrected chi connectivity index (χ1v) is 11.1. The molecule has 152 valence electrons. The first kappa shape index (κ1) is 22.4. The first-order valence-electron chi connectivity index (χ1n) is 9.22. The first-order chi connectivity index (χ1) is 12.8. The van der Waals surface area contributed by atoms with Crippen LogP contribution in [0.3, 0.4) is 0 Å². The number of hydrogen-bond acceptors (Lipinski definition) is 4. The summed E-state index contributed by atoms with van der Waals surface area (Å²) < 4.78 is 23.9. The number of amides is 1. The van der Waals surface area contributed by atoms with E-state index >= 15 is 0 Å². The van der Waals surface area contributed by atoms with Gasteiger partial charge in [0, 0.05) is 12.8 Å². The third-order valence-corrected chi connectivity index (χ3v) is 6.09. The van der Waals surface area contributed by atoms with E-state index in [0.29, 0.717) is 6.54 Å². The molecule has 2 aromatic rings. The molecule has 1 heterocycles. The van der Waals surface area contributed by atoms with Gasteiger partial charge in [0.2, 0.25) is 5.91 Å². The third kappa shape index (κ3) is 5.56. The highest BCUT2D eigenvalue weighted by Crippen LogP contribution is 2.26. The van der Waals surface area contributed by atoms with Crippen LogP contribution in [-0.2, 0) is 14.6 Å². The van der Waals surface area contributed by atoms with Crippen molar-refractivity contribution >= 4 is 28.2 Å². The molecule has 7 heteroatoms. The van der Waals surface area contributed by atoms with Crippen LogP contribution in [0, 0.1) is 12.8 Å². The molecule has 0 radical (unpaired) electrons. The average Bonchev–Trinajstić information content (AvgIpc) is 2.67. The van der Waals surface area contributed by atoms with Crippen LogP contribution in [0.2, 0.25) is 0 Å². The van der Waals surface area contributed by atoms with Crippen LogP contribution in [0.5, 0.6) is 0 Å². The fourth-order valence-electron chi connectivity index (χ4n) is 3.38. The molecule has 2 unspecified atom stereocenters. The lowest BCUT2D eigenvalue weighted by molar-refractivity contribution is -0.126. The molecular weight excluding hydrogens is 396 g/mol. The minimum atomic E-state index is -3.32. The molecule has 0 aliphatic carbocycles. The van der Waals surface area contributed by atoms with E-state index in [2.05, 4.69) is 10.6 Å². The number of benzene rings is 2. The number of hydrogen-bond donors (Lipinski definition) is 2. The van der Waals surface area contributed by atoms with Crippen LogP contribution >= 0.6 is 12.4 Å². The third-order valence-electron chi connectivity index (χ3n) is 4.98. The summed E-state index contributed by atoms with van der Waals surface area (Å²) in [5.74, 6) is -0.0673. The van der Waals surface area contributed by atoms with Gasteiger partial charge in [-0.05, 0) is 49.6 Å². The minimum Gasteiger partial charge on any atom is -0.345 e. The van der Waals surface area contributed by atoms with E-state index in [-0.39, 0.29) is 35.2 Å². The van der Waals surface area contributed by atoms with Crippen molar-refractivity contribution in [1.82, 2.24) is 10.6 Å². The Morgan fingerprint density at radius 2 is 1.86 bits per heavy atom. The summed E-state index contributed by atoms with van der Waals surface area (Å²) in [6, 6.07) is 14.4. The molecule has 1 fully saturated rings. The van der Waals surface area contributed by atoms with Crippen LogP contribution in [0.4, 0.5) is 0 Å². The Balaban J connectivity index is 0.00000280. The topological polar surface area (TPSA) is 75.3 Å². The molecule has 1 saturated heterocycles. The maximum Gasteiger partial charge on any atom is 0.225 e. The largest absolute Gasteiger partial charge is 0.345 e. The van der Waals surface area contributed by atoms with Gasteiger partial charge in [-0.3, -0.25) is 4.79 Å². The summed E-state index contributed by atoms with van der Waals surface area (Å²) in [6.45, 7) is 3.63. The Morgan fingerprint density at radius 3 is 2.46 bits per heavy atom. The molecule has 0 aromatic heterocycles. The number of carbonyl (C=O) groups is 1. The maximum absolute atomic E-state index is 12.8. The highest BCUT2D eigenvalue weighted by Gasteiger charge is 2.25. The van der Waals surface area contributed by atoms with Crippen molar-refractivity contribution < 1.29 is 13.2 Å². The number of sulfone groups is 1. The van der Waals surface area contributed by atoms with Crippen molar-refractivity contribution in [3.63, 3.8) is 0 Å². The zero-order valence-corrected chi connectivity index (χ0v) is 17.8. The van der Waals surface area contributed by atoms with Gasteiger partial charge in [-0.1, -0.05) is 42.0 Å². The van der Waals surface area contributed by atoms with Gasteiger partial charge in [0.25, 0.3) is 0 Å². The number of rotatable bonds is 5. The van der Waals surface area contributed by atoms with E-state index in [1.807, 2.05) is 37.3 Å². The second kappa shape index (κ2) is 9.54. The van der Waals surface area contributed by atoms with Gasteiger partial charge in [0.05, 0.1) is 16.9 Å². The molecule has 3 rings (SSSR count). The van der Waals surface area contributed by atoms with Gasteiger partial charge >= 0.3 is 0 Å². The summed E-state index contributed by atoms with van der Waals surface area (Å²) in [7, 11) is -3.32. The van der Waals surface area contributed by atoms with Crippen molar-refractivity contribution in [3.05, 3.63) is 65.2 Å². The number of piperidine rings is 1. The zero-order valence-electron chi connectivity index (χ0n) is 16.1. The molecule has 1 aliphatic heterocycles. The lowest BCUT2D eigenvalue weighted by atomic mass is 9.94. The van der Waals surface area contributed by atoms with Crippen LogP contribution < -0.4 is 10.6 Å². The predicted molar refractivity (Wildman–Crippen MR) is 114 cm³/mol. The van der Waals surface area contributed by atoms with Crippen LogP contribution in [0.15, 0.2) is 53.4 Å². The van der Waals surface area contributed by atoms with Crippen LogP contribution in [-0.4, -0.2) is 33.7 Å². The Morgan fingerprint density at radius 1 is 1.14 bits per heavy atom. The fraction of sp³-hybridized carbons (Fsp3) is 0.381. The van der Waals surface area contributed by atoms with E-state index in [1.165, 1.54) is 6.26 Å². The highest BCUT2D eigenvalue weighted by molar-refractivity contribution is 7.90. The quantitative estimate of drug-likeness (QED) is 0.776. The molecular formula is C21H27ClN2O3S. The predicted octanol–water partition coefficient (Wildman–Crippen LogP) is 3.03. The maximum atomic E-state index is 12.8. The number of nitrogens with one attached hydrogen (secondary N) is 2. The van der Waals surface area contributed by atoms with Gasteiger partial charge in [0.1, 0.15) is 0 Å². The van der Waals surface area contributed by atoms with E-state index in [4.69, 9.17) is 0 Å². The molecule has 0 spiro atoms. The van der Waals surface area contributed by atoms with Crippen molar-refractivity contribution in [2.75, 3.05) is 19.3 Å². The van der Waals surface area contributed by atoms with Gasteiger partial charge in [0.15, 0.2) is 9.84 Å². The van der Waals surface area contributed by atoms with Crippen molar-refractivity contribution in [2.24, 2.45) is 5.92 Å². The van der Waals surface area contributed by atoms with Gasteiger partial charge < -0.3 is 10.6 Å². The van der Waals surface area contributed by atoms with Crippen LogP contribution in [0.25, 0.3) is 0 Å². The Kier molecular flexibility index (Phi) is 7.63. The van der Waals surface area contributed by atoms with Crippen molar-refractivity contribution in [3.8, 4) is 0 Å². The number of halogens is 1. The number of aryl methyl sites for hydroxylation is 1. The van der Waals surface area contributed by atoms with E-state index in [1.54, 1.807) is 18.2 Å². The summed E-state index contributed by atoms with van der Waals surface area (Å²) in [5.41, 5.74) is 2.83.